The van der Waals surface area contributed by atoms with Crippen molar-refractivity contribution in [3.63, 3.8) is 0 Å². The zero-order chi connectivity index (χ0) is 30.1. The second-order valence-electron chi connectivity index (χ2n) is 11.3. The normalized spacial score (nSPS) is 20.3. The minimum Gasteiger partial charge on any atom is -0.390 e. The Morgan fingerprint density at radius 2 is 1.17 bits per heavy atom. The fourth-order valence-corrected chi connectivity index (χ4v) is 5.76. The molecule has 12 heteroatoms. The van der Waals surface area contributed by atoms with E-state index in [2.05, 4.69) is 9.80 Å². The minimum absolute atomic E-state index is 0.0569. The summed E-state index contributed by atoms with van der Waals surface area (Å²) in [5.41, 5.74) is -4.63. The number of hydrogen-bond donors (Lipinski definition) is 2. The molecule has 0 spiro atoms. The van der Waals surface area contributed by atoms with E-state index in [0.717, 1.165) is 18.2 Å². The third-order valence-corrected chi connectivity index (χ3v) is 8.46. The van der Waals surface area contributed by atoms with E-state index < -0.39 is 46.3 Å². The van der Waals surface area contributed by atoms with Crippen LogP contribution in [-0.4, -0.2) is 64.9 Å². The third-order valence-electron chi connectivity index (χ3n) is 8.46. The van der Waals surface area contributed by atoms with Crippen LogP contribution in [0.3, 0.4) is 0 Å². The van der Waals surface area contributed by atoms with Gasteiger partial charge in [0.05, 0.1) is 22.3 Å². The number of nitrogens with zero attached hydrogens (tertiary/aromatic N) is 2. The van der Waals surface area contributed by atoms with Crippen molar-refractivity contribution in [3.8, 4) is 0 Å². The molecule has 2 aromatic rings. The summed E-state index contributed by atoms with van der Waals surface area (Å²) >= 11 is 0. The van der Waals surface area contributed by atoms with E-state index in [4.69, 9.17) is 0 Å². The summed E-state index contributed by atoms with van der Waals surface area (Å²) in [5.74, 6) is -2.68. The van der Waals surface area contributed by atoms with Gasteiger partial charge in [-0.2, -0.15) is 26.3 Å². The first-order valence-electron chi connectivity index (χ1n) is 13.7. The smallest absolute Gasteiger partial charge is 0.390 e. The second kappa shape index (κ2) is 12.1. The second-order valence-corrected chi connectivity index (χ2v) is 11.3. The number of aliphatic hydroxyl groups is 2. The maximum absolute atomic E-state index is 13.7. The highest BCUT2D eigenvalue weighted by atomic mass is 19.4. The van der Waals surface area contributed by atoms with Crippen LogP contribution in [0.15, 0.2) is 36.4 Å². The van der Waals surface area contributed by atoms with Crippen molar-refractivity contribution >= 4 is 0 Å². The fourth-order valence-electron chi connectivity index (χ4n) is 5.76. The number of halogens is 8. The Bertz CT molecular complexity index is 1180. The lowest BCUT2D eigenvalue weighted by Gasteiger charge is -2.41. The van der Waals surface area contributed by atoms with Gasteiger partial charge in [-0.1, -0.05) is 12.1 Å². The van der Waals surface area contributed by atoms with E-state index in [1.807, 2.05) is 0 Å². The highest BCUT2D eigenvalue weighted by Crippen LogP contribution is 2.38. The van der Waals surface area contributed by atoms with Gasteiger partial charge in [0.2, 0.25) is 0 Å². The van der Waals surface area contributed by atoms with Crippen LogP contribution in [0.5, 0.6) is 0 Å². The first-order valence-corrected chi connectivity index (χ1v) is 13.7. The molecular formula is C29H34F8N2O2. The lowest BCUT2D eigenvalue weighted by molar-refractivity contribution is -0.141. The molecule has 2 aromatic carbocycles. The van der Waals surface area contributed by atoms with Crippen LogP contribution < -0.4 is 0 Å². The number of benzene rings is 2. The summed E-state index contributed by atoms with van der Waals surface area (Å²) in [5, 5.41) is 22.0. The molecule has 0 atom stereocenters. The molecule has 228 valence electrons. The Hall–Kier alpha value is -2.28. The average Bonchev–Trinajstić information content (AvgIpc) is 2.89. The van der Waals surface area contributed by atoms with Crippen molar-refractivity contribution in [1.29, 1.82) is 0 Å². The number of piperidine rings is 2. The van der Waals surface area contributed by atoms with Crippen LogP contribution in [0.25, 0.3) is 0 Å². The molecule has 0 bridgehead atoms. The predicted octanol–water partition coefficient (Wildman–Crippen LogP) is 6.14. The van der Waals surface area contributed by atoms with Crippen molar-refractivity contribution < 1.29 is 45.3 Å². The Balaban J connectivity index is 1.19. The topological polar surface area (TPSA) is 46.9 Å². The van der Waals surface area contributed by atoms with Crippen LogP contribution in [0, 0.1) is 11.6 Å². The lowest BCUT2D eigenvalue weighted by atomic mass is 9.83. The zero-order valence-corrected chi connectivity index (χ0v) is 22.5. The number of aryl methyl sites for hydroxylation is 1. The van der Waals surface area contributed by atoms with E-state index in [1.54, 1.807) is 0 Å². The number of hydrogen-bond acceptors (Lipinski definition) is 4. The molecular weight excluding hydrogens is 560 g/mol. The van der Waals surface area contributed by atoms with Crippen molar-refractivity contribution in [1.82, 2.24) is 9.80 Å². The highest BCUT2D eigenvalue weighted by Gasteiger charge is 2.39. The summed E-state index contributed by atoms with van der Waals surface area (Å²) in [6.45, 7) is 3.59. The van der Waals surface area contributed by atoms with Crippen LogP contribution >= 0.6 is 0 Å². The predicted molar refractivity (Wildman–Crippen MR) is 136 cm³/mol. The molecule has 4 rings (SSSR count). The first-order chi connectivity index (χ1) is 19.1. The van der Waals surface area contributed by atoms with Crippen molar-refractivity contribution in [2.75, 3.05) is 39.3 Å². The third kappa shape index (κ3) is 7.97. The standard InChI is InChI=1S/C29H34F8N2O2/c30-24-5-3-20(18-22(24)28(32,33)34)2-1-7-26(40)8-12-38(13-9-26)16-17-39-14-10-27(41,11-15-39)21-4-6-25(31)23(19-21)29(35,36)37/h3-6,18-19,40-41H,1-2,7-17H2. The molecule has 2 aliphatic rings. The van der Waals surface area contributed by atoms with Crippen molar-refractivity contribution in [2.24, 2.45) is 0 Å². The van der Waals surface area contributed by atoms with Crippen LogP contribution in [0.2, 0.25) is 0 Å². The Morgan fingerprint density at radius 3 is 1.71 bits per heavy atom. The monoisotopic (exact) mass is 594 g/mol. The van der Waals surface area contributed by atoms with Crippen molar-refractivity contribution in [3.05, 3.63) is 70.3 Å². The lowest BCUT2D eigenvalue weighted by Crippen LogP contribution is -2.48. The summed E-state index contributed by atoms with van der Waals surface area (Å²) in [4.78, 5) is 4.31. The van der Waals surface area contributed by atoms with E-state index in [0.29, 0.717) is 83.0 Å². The Morgan fingerprint density at radius 1 is 0.683 bits per heavy atom. The Kier molecular flexibility index (Phi) is 9.37. The number of alkyl halides is 6. The van der Waals surface area contributed by atoms with E-state index in [-0.39, 0.29) is 18.4 Å². The molecule has 0 unspecified atom stereocenters. The van der Waals surface area contributed by atoms with Gasteiger partial charge in [-0.25, -0.2) is 8.78 Å². The maximum atomic E-state index is 13.7. The van der Waals surface area contributed by atoms with Crippen LogP contribution in [0.1, 0.15) is 60.8 Å². The zero-order valence-electron chi connectivity index (χ0n) is 22.5. The molecule has 2 heterocycles. The molecule has 2 N–H and O–H groups in total. The summed E-state index contributed by atoms with van der Waals surface area (Å²) in [7, 11) is 0. The van der Waals surface area contributed by atoms with Gasteiger partial charge in [0.1, 0.15) is 11.6 Å². The largest absolute Gasteiger partial charge is 0.419 e. The minimum atomic E-state index is -4.85. The molecule has 4 nitrogen and oxygen atoms in total. The van der Waals surface area contributed by atoms with Gasteiger partial charge in [0.25, 0.3) is 0 Å². The fraction of sp³-hybridized carbons (Fsp3) is 0.586. The quantitative estimate of drug-likeness (QED) is 0.361. The van der Waals surface area contributed by atoms with Crippen LogP contribution in [0.4, 0.5) is 35.1 Å². The molecule has 0 saturated carbocycles. The molecule has 0 radical (unpaired) electrons. The Labute approximate surface area is 233 Å². The number of rotatable bonds is 8. The van der Waals surface area contributed by atoms with Gasteiger partial charge in [-0.05, 0) is 80.3 Å². The molecule has 2 aliphatic heterocycles. The van der Waals surface area contributed by atoms with E-state index in [1.165, 1.54) is 12.1 Å². The summed E-state index contributed by atoms with van der Waals surface area (Å²) in [6, 6.07) is 5.61. The first kappa shape index (κ1) is 31.7. The van der Waals surface area contributed by atoms with Gasteiger partial charge in [-0.3, -0.25) is 0 Å². The highest BCUT2D eigenvalue weighted by molar-refractivity contribution is 5.32. The van der Waals surface area contributed by atoms with Gasteiger partial charge in [0.15, 0.2) is 0 Å². The molecule has 0 amide bonds. The number of likely N-dealkylation sites (tertiary alicyclic amines) is 2. The van der Waals surface area contributed by atoms with Gasteiger partial charge in [-0.15, -0.1) is 0 Å². The molecule has 2 fully saturated rings. The van der Waals surface area contributed by atoms with E-state index in [9.17, 15) is 45.3 Å². The molecule has 2 saturated heterocycles. The van der Waals surface area contributed by atoms with Gasteiger partial charge in [0, 0.05) is 39.3 Å². The van der Waals surface area contributed by atoms with Crippen LogP contribution in [-0.2, 0) is 24.4 Å². The maximum Gasteiger partial charge on any atom is 0.419 e. The summed E-state index contributed by atoms with van der Waals surface area (Å²) < 4.78 is 105. The molecule has 41 heavy (non-hydrogen) atoms. The molecule has 0 aromatic heterocycles. The van der Waals surface area contributed by atoms with Gasteiger partial charge >= 0.3 is 12.4 Å². The molecule has 0 aliphatic carbocycles. The SMILES string of the molecule is OC1(CCCc2ccc(F)c(C(F)(F)F)c2)CCN(CCN2CCC(O)(c3ccc(F)c(C(F)(F)F)c3)CC2)CC1. The van der Waals surface area contributed by atoms with Crippen molar-refractivity contribution in [2.45, 2.75) is 68.5 Å². The van der Waals surface area contributed by atoms with Gasteiger partial charge < -0.3 is 20.0 Å². The summed E-state index contributed by atoms with van der Waals surface area (Å²) in [6.07, 6.45) is -6.97. The average molecular weight is 595 g/mol. The van der Waals surface area contributed by atoms with E-state index >= 15 is 0 Å².